The Bertz CT molecular complexity index is 910. The van der Waals surface area contributed by atoms with Gasteiger partial charge in [-0.2, -0.15) is 0 Å². The molecule has 0 aromatic heterocycles. The zero-order valence-electron chi connectivity index (χ0n) is 24.2. The van der Waals surface area contributed by atoms with E-state index in [9.17, 15) is 4.79 Å². The normalized spacial score (nSPS) is 55.6. The van der Waals surface area contributed by atoms with E-state index in [1.54, 1.807) is 0 Å². The van der Waals surface area contributed by atoms with Crippen molar-refractivity contribution in [3.8, 4) is 0 Å². The quantitative estimate of drug-likeness (QED) is 0.278. The van der Waals surface area contributed by atoms with E-state index in [-0.39, 0.29) is 10.8 Å². The van der Waals surface area contributed by atoms with E-state index in [0.29, 0.717) is 44.8 Å². The first-order valence-corrected chi connectivity index (χ1v) is 14.7. The van der Waals surface area contributed by atoms with Crippen molar-refractivity contribution in [2.75, 3.05) is 0 Å². The Balaban J connectivity index is 1.60. The fourth-order valence-electron chi connectivity index (χ4n) is 11.8. The smallest absolute Gasteiger partial charge is 0.126 e. The van der Waals surface area contributed by atoms with Crippen LogP contribution in [0, 0.1) is 61.6 Å². The molecule has 1 nitrogen and oxygen atoms in total. The number of carbonyl (C=O) groups excluding carboxylic acids is 1. The largest absolute Gasteiger partial charge is 0.303 e. The van der Waals surface area contributed by atoms with Crippen LogP contribution in [0.3, 0.4) is 0 Å². The molecule has 4 fully saturated rings. The Hall–Kier alpha value is -0.590. The van der Waals surface area contributed by atoms with Crippen LogP contribution in [0.1, 0.15) is 127 Å². The summed E-state index contributed by atoms with van der Waals surface area (Å²) in [5, 5.41) is 0. The van der Waals surface area contributed by atoms with E-state index in [0.717, 1.165) is 5.92 Å². The third kappa shape index (κ3) is 2.82. The summed E-state index contributed by atoms with van der Waals surface area (Å²) in [5.74, 6) is 2.48. The molecular formula is C33H54O. The van der Waals surface area contributed by atoms with Gasteiger partial charge in [0.15, 0.2) is 0 Å². The standard InChI is InChI=1S/C33H54O/c1-22-13-15-29(6)25(30(22,7)21-34)14-16-33(10)26(29)12-11-23-24-19-27(2,3)20-28(4,5)31(24,8)17-18-32(23,33)9/h11,21-22,24-26H,12-20H2,1-10H3. The first kappa shape index (κ1) is 25.1. The van der Waals surface area contributed by atoms with Crippen molar-refractivity contribution < 1.29 is 4.79 Å². The minimum absolute atomic E-state index is 0.151. The molecule has 5 rings (SSSR count). The molecule has 0 spiro atoms. The Morgan fingerprint density at radius 3 is 2.15 bits per heavy atom. The zero-order chi connectivity index (χ0) is 25.2. The molecule has 0 aliphatic heterocycles. The van der Waals surface area contributed by atoms with Crippen molar-refractivity contribution >= 4 is 6.29 Å². The van der Waals surface area contributed by atoms with Crippen LogP contribution < -0.4 is 0 Å². The van der Waals surface area contributed by atoms with Crippen molar-refractivity contribution in [3.05, 3.63) is 11.6 Å². The lowest BCUT2D eigenvalue weighted by Crippen LogP contribution is -2.65. The van der Waals surface area contributed by atoms with Crippen molar-refractivity contribution in [1.29, 1.82) is 0 Å². The number of aldehydes is 1. The van der Waals surface area contributed by atoms with Crippen LogP contribution in [0.4, 0.5) is 0 Å². The lowest BCUT2D eigenvalue weighted by atomic mass is 9.32. The lowest BCUT2D eigenvalue weighted by Gasteiger charge is -2.72. The molecule has 192 valence electrons. The SMILES string of the molecule is CC1CCC2(C)C(CCC3(C)C2CC=C2C4CC(C)(C)CC(C)(C)C4(C)CCC23C)C1(C)C=O. The van der Waals surface area contributed by atoms with Crippen LogP contribution in [0.15, 0.2) is 11.6 Å². The summed E-state index contributed by atoms with van der Waals surface area (Å²) in [6, 6.07) is 0. The van der Waals surface area contributed by atoms with Gasteiger partial charge in [-0.25, -0.2) is 0 Å². The summed E-state index contributed by atoms with van der Waals surface area (Å²) in [4.78, 5) is 12.5. The molecule has 9 unspecified atom stereocenters. The first-order valence-electron chi connectivity index (χ1n) is 14.7. The van der Waals surface area contributed by atoms with Gasteiger partial charge in [-0.05, 0) is 114 Å². The van der Waals surface area contributed by atoms with Gasteiger partial charge in [-0.3, -0.25) is 0 Å². The van der Waals surface area contributed by atoms with Gasteiger partial charge in [0.1, 0.15) is 6.29 Å². The summed E-state index contributed by atoms with van der Waals surface area (Å²) in [6.45, 7) is 25.5. The third-order valence-corrected chi connectivity index (χ3v) is 14.5. The van der Waals surface area contributed by atoms with Gasteiger partial charge in [0, 0.05) is 5.41 Å². The van der Waals surface area contributed by atoms with Crippen molar-refractivity contribution in [1.82, 2.24) is 0 Å². The van der Waals surface area contributed by atoms with E-state index < -0.39 is 0 Å². The van der Waals surface area contributed by atoms with Crippen LogP contribution in [-0.2, 0) is 4.79 Å². The topological polar surface area (TPSA) is 17.1 Å². The predicted octanol–water partition coefficient (Wildman–Crippen LogP) is 9.26. The second-order valence-electron chi connectivity index (χ2n) is 16.6. The molecule has 0 N–H and O–H groups in total. The molecule has 34 heavy (non-hydrogen) atoms. The molecule has 0 radical (unpaired) electrons. The molecule has 5 aliphatic rings. The summed E-state index contributed by atoms with van der Waals surface area (Å²) in [6.07, 6.45) is 15.9. The molecule has 9 atom stereocenters. The average molecular weight is 467 g/mol. The highest BCUT2D eigenvalue weighted by Crippen LogP contribution is 2.77. The van der Waals surface area contributed by atoms with Gasteiger partial charge < -0.3 is 4.79 Å². The number of carbonyl (C=O) groups is 1. The fraction of sp³-hybridized carbons (Fsp3) is 0.909. The monoisotopic (exact) mass is 466 g/mol. The van der Waals surface area contributed by atoms with Crippen molar-refractivity contribution in [2.24, 2.45) is 61.6 Å². The average Bonchev–Trinajstić information content (AvgIpc) is 2.72. The van der Waals surface area contributed by atoms with Gasteiger partial charge in [0.25, 0.3) is 0 Å². The Kier molecular flexibility index (Phi) is 5.19. The van der Waals surface area contributed by atoms with E-state index >= 15 is 0 Å². The fourth-order valence-corrected chi connectivity index (χ4v) is 11.8. The van der Waals surface area contributed by atoms with Crippen LogP contribution in [0.25, 0.3) is 0 Å². The van der Waals surface area contributed by atoms with Gasteiger partial charge >= 0.3 is 0 Å². The Labute approximate surface area is 211 Å². The summed E-state index contributed by atoms with van der Waals surface area (Å²) < 4.78 is 0. The number of rotatable bonds is 1. The third-order valence-electron chi connectivity index (χ3n) is 14.5. The molecule has 0 aromatic carbocycles. The zero-order valence-corrected chi connectivity index (χ0v) is 24.2. The molecule has 0 heterocycles. The second-order valence-corrected chi connectivity index (χ2v) is 16.6. The predicted molar refractivity (Wildman–Crippen MR) is 143 cm³/mol. The molecular weight excluding hydrogens is 412 g/mol. The first-order chi connectivity index (χ1) is 15.5. The number of hydrogen-bond donors (Lipinski definition) is 0. The van der Waals surface area contributed by atoms with Gasteiger partial charge in [0.05, 0.1) is 0 Å². The van der Waals surface area contributed by atoms with Crippen LogP contribution in [-0.4, -0.2) is 6.29 Å². The highest BCUT2D eigenvalue weighted by atomic mass is 16.1. The second kappa shape index (κ2) is 7.04. The van der Waals surface area contributed by atoms with E-state index in [2.05, 4.69) is 75.3 Å². The molecule has 0 amide bonds. The molecule has 0 saturated heterocycles. The van der Waals surface area contributed by atoms with E-state index in [1.807, 2.05) is 5.57 Å². The van der Waals surface area contributed by atoms with E-state index in [1.165, 1.54) is 64.1 Å². The van der Waals surface area contributed by atoms with Crippen molar-refractivity contribution in [2.45, 2.75) is 127 Å². The Morgan fingerprint density at radius 2 is 1.50 bits per heavy atom. The van der Waals surface area contributed by atoms with Crippen molar-refractivity contribution in [3.63, 3.8) is 0 Å². The molecule has 4 saturated carbocycles. The maximum atomic E-state index is 12.5. The molecule has 5 aliphatic carbocycles. The van der Waals surface area contributed by atoms with Crippen LogP contribution in [0.2, 0.25) is 0 Å². The van der Waals surface area contributed by atoms with Crippen LogP contribution in [0.5, 0.6) is 0 Å². The minimum Gasteiger partial charge on any atom is -0.303 e. The van der Waals surface area contributed by atoms with Gasteiger partial charge in [-0.15, -0.1) is 0 Å². The minimum atomic E-state index is -0.151. The maximum Gasteiger partial charge on any atom is 0.126 e. The van der Waals surface area contributed by atoms with Crippen LogP contribution >= 0.6 is 0 Å². The van der Waals surface area contributed by atoms with E-state index in [4.69, 9.17) is 0 Å². The molecule has 0 aromatic rings. The highest BCUT2D eigenvalue weighted by Gasteiger charge is 2.69. The number of allylic oxidation sites excluding steroid dienone is 2. The summed E-state index contributed by atoms with van der Waals surface area (Å²) in [5.41, 5.74) is 3.85. The maximum absolute atomic E-state index is 12.5. The lowest BCUT2D eigenvalue weighted by molar-refractivity contribution is -0.198. The molecule has 1 heteroatoms. The highest BCUT2D eigenvalue weighted by molar-refractivity contribution is 5.61. The number of hydrogen-bond acceptors (Lipinski definition) is 1. The summed E-state index contributed by atoms with van der Waals surface area (Å²) >= 11 is 0. The van der Waals surface area contributed by atoms with Gasteiger partial charge in [0.2, 0.25) is 0 Å². The number of fused-ring (bicyclic) bond motifs is 7. The Morgan fingerprint density at radius 1 is 0.824 bits per heavy atom. The molecule has 0 bridgehead atoms. The summed E-state index contributed by atoms with van der Waals surface area (Å²) in [7, 11) is 0. The van der Waals surface area contributed by atoms with Gasteiger partial charge in [-0.1, -0.05) is 80.9 Å².